The molecule has 1 atom stereocenters. The maximum absolute atomic E-state index is 4.31. The fourth-order valence-electron chi connectivity index (χ4n) is 2.98. The molecule has 0 unspecified atom stereocenters. The lowest BCUT2D eigenvalue weighted by Crippen LogP contribution is -2.26. The maximum atomic E-state index is 4.31. The Hall–Kier alpha value is -2.04. The maximum Gasteiger partial charge on any atom is 0.134 e. The number of aryl methyl sites for hydroxylation is 3. The highest BCUT2D eigenvalue weighted by Crippen LogP contribution is 2.30. The Labute approximate surface area is 147 Å². The van der Waals surface area contributed by atoms with Crippen LogP contribution < -0.4 is 5.32 Å². The van der Waals surface area contributed by atoms with Gasteiger partial charge in [0, 0.05) is 0 Å². The normalized spacial score (nSPS) is 12.5. The van der Waals surface area contributed by atoms with Crippen molar-refractivity contribution in [3.8, 4) is 0 Å². The summed E-state index contributed by atoms with van der Waals surface area (Å²) in [5.41, 5.74) is 5.19. The molecule has 0 spiro atoms. The molecule has 3 nitrogen and oxygen atoms in total. The minimum absolute atomic E-state index is 0.131. The van der Waals surface area contributed by atoms with Gasteiger partial charge in [0.25, 0.3) is 0 Å². The molecule has 0 saturated heterocycles. The Bertz CT molecular complexity index is 780. The molecule has 0 radical (unpaired) electrons. The molecule has 0 aliphatic rings. The molecule has 0 bridgehead atoms. The van der Waals surface area contributed by atoms with Crippen molar-refractivity contribution < 1.29 is 0 Å². The Balaban J connectivity index is 1.99. The quantitative estimate of drug-likeness (QED) is 0.719. The van der Waals surface area contributed by atoms with E-state index in [1.807, 2.05) is 6.92 Å². The van der Waals surface area contributed by atoms with E-state index >= 15 is 0 Å². The first kappa shape index (κ1) is 16.8. The van der Waals surface area contributed by atoms with Crippen molar-refractivity contribution in [2.75, 3.05) is 0 Å². The van der Waals surface area contributed by atoms with Crippen LogP contribution in [0.5, 0.6) is 0 Å². The molecule has 1 aromatic heterocycles. The first-order valence-corrected chi connectivity index (χ1v) is 9.05. The number of nitrogens with zero attached hydrogens (tertiary/aromatic N) is 2. The van der Waals surface area contributed by atoms with Crippen molar-refractivity contribution in [2.45, 2.75) is 39.8 Å². The molecule has 0 saturated carbocycles. The zero-order valence-corrected chi connectivity index (χ0v) is 15.4. The Morgan fingerprint density at radius 2 is 1.38 bits per heavy atom. The summed E-state index contributed by atoms with van der Waals surface area (Å²) in [6.45, 7) is 8.49. The molecule has 2 aromatic carbocycles. The van der Waals surface area contributed by atoms with Crippen LogP contribution in [0.3, 0.4) is 0 Å². The van der Waals surface area contributed by atoms with Gasteiger partial charge in [-0.15, -0.1) is 21.5 Å². The van der Waals surface area contributed by atoms with Crippen LogP contribution in [0, 0.1) is 20.8 Å². The molecular formula is C20H23N3S. The zero-order valence-electron chi connectivity index (χ0n) is 14.6. The van der Waals surface area contributed by atoms with E-state index in [2.05, 4.69) is 84.8 Å². The van der Waals surface area contributed by atoms with Crippen molar-refractivity contribution in [1.82, 2.24) is 15.5 Å². The second kappa shape index (κ2) is 7.24. The van der Waals surface area contributed by atoms with Crippen LogP contribution in [0.2, 0.25) is 0 Å². The molecule has 0 aliphatic heterocycles. The van der Waals surface area contributed by atoms with Gasteiger partial charge >= 0.3 is 0 Å². The van der Waals surface area contributed by atoms with Gasteiger partial charge < -0.3 is 0 Å². The molecule has 1 N–H and O–H groups in total. The molecule has 0 fully saturated rings. The number of benzene rings is 2. The SMILES string of the molecule is Cc1nnc([C@@H](C)NC(c2ccccc2C)c2ccccc2C)s1. The topological polar surface area (TPSA) is 37.8 Å². The summed E-state index contributed by atoms with van der Waals surface area (Å²) < 4.78 is 0. The van der Waals surface area contributed by atoms with Crippen LogP contribution in [0.15, 0.2) is 48.5 Å². The van der Waals surface area contributed by atoms with Crippen LogP contribution in [0.1, 0.15) is 51.3 Å². The first-order chi connectivity index (χ1) is 11.6. The standard InChI is InChI=1S/C20H23N3S/c1-13-9-5-7-11-17(13)19(18-12-8-6-10-14(18)2)21-15(3)20-23-22-16(4)24-20/h5-12,15,19,21H,1-4H3/t15-/m1/s1. The largest absolute Gasteiger partial charge is 0.297 e. The van der Waals surface area contributed by atoms with E-state index in [1.165, 1.54) is 22.3 Å². The monoisotopic (exact) mass is 337 g/mol. The summed E-state index contributed by atoms with van der Waals surface area (Å²) in [4.78, 5) is 0. The summed E-state index contributed by atoms with van der Waals surface area (Å²) in [7, 11) is 0. The first-order valence-electron chi connectivity index (χ1n) is 8.23. The zero-order chi connectivity index (χ0) is 17.1. The van der Waals surface area contributed by atoms with Gasteiger partial charge in [-0.25, -0.2) is 0 Å². The van der Waals surface area contributed by atoms with Crippen molar-refractivity contribution in [3.63, 3.8) is 0 Å². The van der Waals surface area contributed by atoms with E-state index in [4.69, 9.17) is 0 Å². The molecule has 1 heterocycles. The second-order valence-corrected chi connectivity index (χ2v) is 7.41. The van der Waals surface area contributed by atoms with E-state index in [1.54, 1.807) is 11.3 Å². The average Bonchev–Trinajstić information content (AvgIpc) is 3.01. The highest BCUT2D eigenvalue weighted by molar-refractivity contribution is 7.11. The number of nitrogens with one attached hydrogen (secondary N) is 1. The Kier molecular flexibility index (Phi) is 5.07. The highest BCUT2D eigenvalue weighted by Gasteiger charge is 2.21. The number of aromatic nitrogens is 2. The van der Waals surface area contributed by atoms with Gasteiger partial charge in [0.05, 0.1) is 12.1 Å². The summed E-state index contributed by atoms with van der Waals surface area (Å²) in [5.74, 6) is 0. The van der Waals surface area contributed by atoms with Gasteiger partial charge in [0.15, 0.2) is 0 Å². The van der Waals surface area contributed by atoms with Gasteiger partial charge in [-0.1, -0.05) is 48.5 Å². The number of rotatable bonds is 5. The lowest BCUT2D eigenvalue weighted by atomic mass is 9.91. The lowest BCUT2D eigenvalue weighted by molar-refractivity contribution is 0.509. The molecule has 24 heavy (non-hydrogen) atoms. The smallest absolute Gasteiger partial charge is 0.134 e. The van der Waals surface area contributed by atoms with Gasteiger partial charge in [-0.05, 0) is 49.9 Å². The van der Waals surface area contributed by atoms with Gasteiger partial charge in [0.2, 0.25) is 0 Å². The second-order valence-electron chi connectivity index (χ2n) is 6.19. The predicted octanol–water partition coefficient (Wildman–Crippen LogP) is 4.90. The third kappa shape index (κ3) is 3.55. The number of hydrogen-bond donors (Lipinski definition) is 1. The molecule has 0 amide bonds. The summed E-state index contributed by atoms with van der Waals surface area (Å²) in [6.07, 6.45) is 0. The van der Waals surface area contributed by atoms with Crippen LogP contribution in [0.4, 0.5) is 0 Å². The Morgan fingerprint density at radius 1 is 0.833 bits per heavy atom. The van der Waals surface area contributed by atoms with Crippen molar-refractivity contribution in [1.29, 1.82) is 0 Å². The minimum Gasteiger partial charge on any atom is -0.297 e. The van der Waals surface area contributed by atoms with Crippen LogP contribution >= 0.6 is 11.3 Å². The fourth-order valence-corrected chi connectivity index (χ4v) is 3.69. The molecule has 0 aliphatic carbocycles. The Morgan fingerprint density at radius 3 is 1.83 bits per heavy atom. The van der Waals surface area contributed by atoms with E-state index in [9.17, 15) is 0 Å². The lowest BCUT2D eigenvalue weighted by Gasteiger charge is -2.26. The van der Waals surface area contributed by atoms with E-state index in [0.717, 1.165) is 10.0 Å². The summed E-state index contributed by atoms with van der Waals surface area (Å²) >= 11 is 1.65. The van der Waals surface area contributed by atoms with Gasteiger partial charge in [-0.3, -0.25) is 5.32 Å². The van der Waals surface area contributed by atoms with Crippen molar-refractivity contribution >= 4 is 11.3 Å². The molecule has 3 aromatic rings. The van der Waals surface area contributed by atoms with Crippen molar-refractivity contribution in [3.05, 3.63) is 80.8 Å². The molecule has 3 rings (SSSR count). The third-order valence-electron chi connectivity index (χ3n) is 4.33. The van der Waals surface area contributed by atoms with E-state index in [0.29, 0.717) is 0 Å². The fraction of sp³-hybridized carbons (Fsp3) is 0.300. The van der Waals surface area contributed by atoms with Crippen LogP contribution in [-0.2, 0) is 0 Å². The number of hydrogen-bond acceptors (Lipinski definition) is 4. The molecule has 124 valence electrons. The highest BCUT2D eigenvalue weighted by atomic mass is 32.1. The van der Waals surface area contributed by atoms with Gasteiger partial charge in [0.1, 0.15) is 10.0 Å². The predicted molar refractivity (Wildman–Crippen MR) is 100 cm³/mol. The van der Waals surface area contributed by atoms with E-state index < -0.39 is 0 Å². The average molecular weight is 337 g/mol. The third-order valence-corrected chi connectivity index (χ3v) is 5.35. The minimum atomic E-state index is 0.131. The van der Waals surface area contributed by atoms with E-state index in [-0.39, 0.29) is 12.1 Å². The van der Waals surface area contributed by atoms with Crippen LogP contribution in [0.25, 0.3) is 0 Å². The molecular weight excluding hydrogens is 314 g/mol. The van der Waals surface area contributed by atoms with Crippen LogP contribution in [-0.4, -0.2) is 10.2 Å². The summed E-state index contributed by atoms with van der Waals surface area (Å²) in [5, 5.41) is 14.3. The summed E-state index contributed by atoms with van der Waals surface area (Å²) in [6, 6.07) is 17.4. The molecule has 4 heteroatoms. The van der Waals surface area contributed by atoms with Crippen molar-refractivity contribution in [2.24, 2.45) is 0 Å². The van der Waals surface area contributed by atoms with Gasteiger partial charge in [-0.2, -0.15) is 0 Å².